The molecule has 0 aliphatic carbocycles. The first-order chi connectivity index (χ1) is 11.2. The van der Waals surface area contributed by atoms with Crippen LogP contribution in [-0.4, -0.2) is 15.2 Å². The van der Waals surface area contributed by atoms with Crippen molar-refractivity contribution in [2.75, 3.05) is 0 Å². The van der Waals surface area contributed by atoms with E-state index >= 15 is 0 Å². The summed E-state index contributed by atoms with van der Waals surface area (Å²) in [5, 5.41) is 8.21. The van der Waals surface area contributed by atoms with Gasteiger partial charge in [-0.25, -0.2) is 0 Å². The van der Waals surface area contributed by atoms with E-state index in [2.05, 4.69) is 72.6 Å². The highest BCUT2D eigenvalue weighted by atomic mass is 15.1. The number of aromatic amines is 1. The molecule has 0 fully saturated rings. The second-order valence-corrected chi connectivity index (χ2v) is 5.95. The topological polar surface area (TPSA) is 41.6 Å². The average Bonchev–Trinajstić information content (AvgIpc) is 3.02. The minimum Gasteiger partial charge on any atom is -0.278 e. The summed E-state index contributed by atoms with van der Waals surface area (Å²) < 4.78 is 0. The maximum absolute atomic E-state index is 4.71. The number of rotatable bonds is 2. The molecule has 0 saturated carbocycles. The molecule has 4 aromatic rings. The van der Waals surface area contributed by atoms with Gasteiger partial charge in [0.25, 0.3) is 0 Å². The van der Waals surface area contributed by atoms with E-state index in [1.165, 1.54) is 5.56 Å². The van der Waals surface area contributed by atoms with E-state index in [1.807, 2.05) is 12.4 Å². The molecule has 3 nitrogen and oxygen atoms in total. The lowest BCUT2D eigenvalue weighted by molar-refractivity contribution is 1.12. The Kier molecular flexibility index (Phi) is 3.19. The van der Waals surface area contributed by atoms with Crippen LogP contribution in [-0.2, 0) is 0 Å². The fourth-order valence-corrected chi connectivity index (χ4v) is 2.92. The minimum absolute atomic E-state index is 1.02. The Balaban J connectivity index is 1.95. The molecule has 0 bridgehead atoms. The summed E-state index contributed by atoms with van der Waals surface area (Å²) >= 11 is 0. The van der Waals surface area contributed by atoms with Crippen LogP contribution < -0.4 is 0 Å². The molecule has 1 N–H and O–H groups in total. The fourth-order valence-electron chi connectivity index (χ4n) is 2.92. The van der Waals surface area contributed by atoms with Crippen molar-refractivity contribution < 1.29 is 0 Å². The molecule has 2 aromatic carbocycles. The van der Waals surface area contributed by atoms with Crippen LogP contribution in [0, 0.1) is 13.8 Å². The molecule has 0 aliphatic rings. The molecule has 0 atom stereocenters. The summed E-state index contributed by atoms with van der Waals surface area (Å²) in [4.78, 5) is 4.71. The van der Waals surface area contributed by atoms with Crippen LogP contribution in [0.15, 0.2) is 60.9 Å². The first-order valence-electron chi connectivity index (χ1n) is 7.68. The molecule has 0 amide bonds. The lowest BCUT2D eigenvalue weighted by Crippen LogP contribution is -1.91. The molecule has 0 saturated heterocycles. The van der Waals surface area contributed by atoms with Gasteiger partial charge in [0.15, 0.2) is 0 Å². The summed E-state index contributed by atoms with van der Waals surface area (Å²) in [6.07, 6.45) is 3.78. The predicted octanol–water partition coefficient (Wildman–Crippen LogP) is 4.91. The van der Waals surface area contributed by atoms with Crippen molar-refractivity contribution in [2.24, 2.45) is 0 Å². The Morgan fingerprint density at radius 1 is 0.826 bits per heavy atom. The molecule has 4 rings (SSSR count). The Morgan fingerprint density at radius 2 is 1.74 bits per heavy atom. The molecule has 3 heteroatoms. The molecule has 2 aromatic heterocycles. The monoisotopic (exact) mass is 299 g/mol. The van der Waals surface area contributed by atoms with Crippen LogP contribution in [0.2, 0.25) is 0 Å². The van der Waals surface area contributed by atoms with E-state index < -0.39 is 0 Å². The van der Waals surface area contributed by atoms with Gasteiger partial charge in [-0.05, 0) is 49.2 Å². The van der Waals surface area contributed by atoms with Crippen LogP contribution in [0.1, 0.15) is 11.1 Å². The van der Waals surface area contributed by atoms with Gasteiger partial charge < -0.3 is 0 Å². The van der Waals surface area contributed by atoms with E-state index in [4.69, 9.17) is 4.98 Å². The number of nitrogens with zero attached hydrogens (tertiary/aromatic N) is 2. The standard InChI is InChI=1S/C20H17N3/c1-13-4-3-5-16(8-13)20-18(9-14(2)11-21-20)15-6-7-19-17(10-15)12-22-23-19/h3-12H,1-2H3,(H,22,23). The third-order valence-electron chi connectivity index (χ3n) is 4.07. The molecule has 0 spiro atoms. The van der Waals surface area contributed by atoms with Gasteiger partial charge in [0.05, 0.1) is 17.4 Å². The molecular weight excluding hydrogens is 282 g/mol. The highest BCUT2D eigenvalue weighted by Crippen LogP contribution is 2.32. The SMILES string of the molecule is Cc1cccc(-c2ncc(C)cc2-c2ccc3[nH]ncc3c2)c1. The van der Waals surface area contributed by atoms with Crippen molar-refractivity contribution in [1.82, 2.24) is 15.2 Å². The number of aryl methyl sites for hydroxylation is 2. The number of H-pyrrole nitrogens is 1. The molecule has 2 heterocycles. The number of pyridine rings is 1. The first kappa shape index (κ1) is 13.7. The quantitative estimate of drug-likeness (QED) is 0.571. The van der Waals surface area contributed by atoms with Gasteiger partial charge in [-0.2, -0.15) is 5.10 Å². The lowest BCUT2D eigenvalue weighted by atomic mass is 9.96. The molecule has 23 heavy (non-hydrogen) atoms. The highest BCUT2D eigenvalue weighted by Gasteiger charge is 2.11. The van der Waals surface area contributed by atoms with Gasteiger partial charge in [-0.3, -0.25) is 10.1 Å². The number of nitrogens with one attached hydrogen (secondary N) is 1. The summed E-state index contributed by atoms with van der Waals surface area (Å²) in [5.74, 6) is 0. The van der Waals surface area contributed by atoms with Gasteiger partial charge in [0.2, 0.25) is 0 Å². The zero-order valence-electron chi connectivity index (χ0n) is 13.2. The van der Waals surface area contributed by atoms with Crippen molar-refractivity contribution in [3.63, 3.8) is 0 Å². The fraction of sp³-hybridized carbons (Fsp3) is 0.100. The maximum atomic E-state index is 4.71. The number of hydrogen-bond donors (Lipinski definition) is 1. The van der Waals surface area contributed by atoms with E-state index in [-0.39, 0.29) is 0 Å². The van der Waals surface area contributed by atoms with Crippen molar-refractivity contribution in [2.45, 2.75) is 13.8 Å². The molecule has 0 aliphatic heterocycles. The van der Waals surface area contributed by atoms with Crippen molar-refractivity contribution in [3.8, 4) is 22.4 Å². The third kappa shape index (κ3) is 2.50. The van der Waals surface area contributed by atoms with E-state index in [0.717, 1.165) is 38.9 Å². The van der Waals surface area contributed by atoms with Crippen LogP contribution >= 0.6 is 0 Å². The smallest absolute Gasteiger partial charge is 0.0780 e. The second-order valence-electron chi connectivity index (χ2n) is 5.95. The Morgan fingerprint density at radius 3 is 2.61 bits per heavy atom. The third-order valence-corrected chi connectivity index (χ3v) is 4.07. The largest absolute Gasteiger partial charge is 0.278 e. The number of benzene rings is 2. The Labute approximate surface area is 135 Å². The van der Waals surface area contributed by atoms with Crippen LogP contribution in [0.3, 0.4) is 0 Å². The van der Waals surface area contributed by atoms with Gasteiger partial charge in [-0.1, -0.05) is 29.8 Å². The van der Waals surface area contributed by atoms with Gasteiger partial charge in [-0.15, -0.1) is 0 Å². The van der Waals surface area contributed by atoms with Crippen LogP contribution in [0.4, 0.5) is 0 Å². The summed E-state index contributed by atoms with van der Waals surface area (Å²) in [5.41, 5.74) is 7.91. The first-order valence-corrected chi connectivity index (χ1v) is 7.68. The van der Waals surface area contributed by atoms with Gasteiger partial charge >= 0.3 is 0 Å². The summed E-state index contributed by atoms with van der Waals surface area (Å²) in [7, 11) is 0. The Bertz CT molecular complexity index is 999. The van der Waals surface area contributed by atoms with Crippen LogP contribution in [0.5, 0.6) is 0 Å². The summed E-state index contributed by atoms with van der Waals surface area (Å²) in [6.45, 7) is 4.18. The Hall–Kier alpha value is -2.94. The molecule has 0 radical (unpaired) electrons. The zero-order valence-corrected chi connectivity index (χ0v) is 13.2. The van der Waals surface area contributed by atoms with Gasteiger partial charge in [0, 0.05) is 22.7 Å². The predicted molar refractivity (Wildman–Crippen MR) is 94.2 cm³/mol. The van der Waals surface area contributed by atoms with Crippen LogP contribution in [0.25, 0.3) is 33.3 Å². The van der Waals surface area contributed by atoms with E-state index in [0.29, 0.717) is 0 Å². The molecular formula is C20H17N3. The van der Waals surface area contributed by atoms with Gasteiger partial charge in [0.1, 0.15) is 0 Å². The maximum Gasteiger partial charge on any atom is 0.0780 e. The number of fused-ring (bicyclic) bond motifs is 1. The van der Waals surface area contributed by atoms with Crippen molar-refractivity contribution in [3.05, 3.63) is 72.1 Å². The zero-order chi connectivity index (χ0) is 15.8. The second kappa shape index (κ2) is 5.36. The normalized spacial score (nSPS) is 11.0. The van der Waals surface area contributed by atoms with Crippen molar-refractivity contribution >= 4 is 10.9 Å². The highest BCUT2D eigenvalue weighted by molar-refractivity contribution is 5.88. The molecule has 112 valence electrons. The number of hydrogen-bond acceptors (Lipinski definition) is 2. The average molecular weight is 299 g/mol. The summed E-state index contributed by atoms with van der Waals surface area (Å²) in [6, 6.07) is 17.0. The van der Waals surface area contributed by atoms with E-state index in [9.17, 15) is 0 Å². The lowest BCUT2D eigenvalue weighted by Gasteiger charge is -2.11. The number of aromatic nitrogens is 3. The van der Waals surface area contributed by atoms with Crippen molar-refractivity contribution in [1.29, 1.82) is 0 Å². The van der Waals surface area contributed by atoms with E-state index in [1.54, 1.807) is 0 Å². The molecule has 0 unspecified atom stereocenters. The minimum atomic E-state index is 1.02.